The van der Waals surface area contributed by atoms with Crippen molar-refractivity contribution in [2.75, 3.05) is 0 Å². The Morgan fingerprint density at radius 3 is 2.43 bits per heavy atom. The van der Waals surface area contributed by atoms with Crippen molar-refractivity contribution in [1.82, 2.24) is 10.2 Å². The number of phenols is 1. The second-order valence-corrected chi connectivity index (χ2v) is 6.58. The molecule has 0 aliphatic heterocycles. The molecule has 0 bridgehead atoms. The Morgan fingerprint density at radius 1 is 1.04 bits per heavy atom. The van der Waals surface area contributed by atoms with Crippen LogP contribution in [0.4, 0.5) is 0 Å². The fraction of sp³-hybridized carbons (Fsp3) is 0.136. The van der Waals surface area contributed by atoms with Gasteiger partial charge in [-0.05, 0) is 48.9 Å². The Bertz CT molecular complexity index is 1150. The Balaban J connectivity index is 1.54. The molecule has 3 aromatic carbocycles. The van der Waals surface area contributed by atoms with Gasteiger partial charge < -0.3 is 14.3 Å². The highest BCUT2D eigenvalue weighted by Crippen LogP contribution is 2.28. The first-order chi connectivity index (χ1) is 13.5. The van der Waals surface area contributed by atoms with Crippen LogP contribution in [0.3, 0.4) is 0 Å². The van der Waals surface area contributed by atoms with E-state index in [1.165, 1.54) is 0 Å². The van der Waals surface area contributed by atoms with Crippen LogP contribution in [0.1, 0.15) is 34.8 Å². The first kappa shape index (κ1) is 17.7. The van der Waals surface area contributed by atoms with Crippen LogP contribution >= 0.6 is 0 Å². The summed E-state index contributed by atoms with van der Waals surface area (Å²) >= 11 is 0. The van der Waals surface area contributed by atoms with Crippen molar-refractivity contribution in [2.45, 2.75) is 20.0 Å². The number of aryl methyl sites for hydroxylation is 1. The summed E-state index contributed by atoms with van der Waals surface area (Å²) in [5.74, 6) is -0.261. The summed E-state index contributed by atoms with van der Waals surface area (Å²) in [6.07, 6.45) is -0.759. The number of rotatable bonds is 4. The van der Waals surface area contributed by atoms with Crippen LogP contribution in [0.25, 0.3) is 22.2 Å². The number of aromatic hydroxyl groups is 1. The van der Waals surface area contributed by atoms with E-state index in [2.05, 4.69) is 10.2 Å². The second kappa shape index (κ2) is 7.15. The van der Waals surface area contributed by atoms with Crippen molar-refractivity contribution in [2.24, 2.45) is 0 Å². The van der Waals surface area contributed by atoms with Gasteiger partial charge >= 0.3 is 5.97 Å². The number of aromatic nitrogens is 2. The van der Waals surface area contributed by atoms with Crippen LogP contribution in [0.5, 0.6) is 5.75 Å². The highest BCUT2D eigenvalue weighted by atomic mass is 16.6. The Morgan fingerprint density at radius 2 is 1.71 bits per heavy atom. The van der Waals surface area contributed by atoms with Gasteiger partial charge in [-0.1, -0.05) is 42.0 Å². The minimum atomic E-state index is -0.759. The quantitative estimate of drug-likeness (QED) is 0.515. The lowest BCUT2D eigenvalue weighted by Gasteiger charge is -2.11. The minimum absolute atomic E-state index is 0.0869. The normalized spacial score (nSPS) is 12.1. The number of hydrogen-bond acceptors (Lipinski definition) is 6. The number of esters is 1. The standard InChI is InChI=1S/C22H18N2O4/c1-13-7-9-15(10-8-13)21-24-23-20(28-21)14(2)27-22(26)18-11-16-5-3-4-6-17(16)12-19(18)25/h3-12,14,25H,1-2H3/t14-/m0/s1. The van der Waals surface area contributed by atoms with E-state index in [4.69, 9.17) is 9.15 Å². The van der Waals surface area contributed by atoms with Gasteiger partial charge in [0.05, 0.1) is 0 Å². The maximum absolute atomic E-state index is 12.5. The monoisotopic (exact) mass is 374 g/mol. The molecule has 0 unspecified atom stereocenters. The average Bonchev–Trinajstić information content (AvgIpc) is 3.18. The molecular weight excluding hydrogens is 356 g/mol. The molecule has 0 saturated heterocycles. The fourth-order valence-corrected chi connectivity index (χ4v) is 2.88. The first-order valence-corrected chi connectivity index (χ1v) is 8.84. The summed E-state index contributed by atoms with van der Waals surface area (Å²) in [7, 11) is 0. The van der Waals surface area contributed by atoms with E-state index in [-0.39, 0.29) is 17.2 Å². The molecule has 0 aliphatic carbocycles. The molecule has 1 N–H and O–H groups in total. The maximum atomic E-state index is 12.5. The van der Waals surface area contributed by atoms with E-state index in [1.54, 1.807) is 19.1 Å². The number of benzene rings is 3. The third kappa shape index (κ3) is 3.44. The fourth-order valence-electron chi connectivity index (χ4n) is 2.88. The van der Waals surface area contributed by atoms with Gasteiger partial charge in [0.2, 0.25) is 5.89 Å². The zero-order valence-corrected chi connectivity index (χ0v) is 15.4. The van der Waals surface area contributed by atoms with Gasteiger partial charge in [0.25, 0.3) is 5.89 Å². The summed E-state index contributed by atoms with van der Waals surface area (Å²) in [6, 6.07) is 18.3. The van der Waals surface area contributed by atoms with E-state index in [1.807, 2.05) is 55.5 Å². The van der Waals surface area contributed by atoms with E-state index < -0.39 is 12.1 Å². The third-order valence-corrected chi connectivity index (χ3v) is 4.45. The number of nitrogens with zero attached hydrogens (tertiary/aromatic N) is 2. The highest BCUT2D eigenvalue weighted by Gasteiger charge is 2.22. The summed E-state index contributed by atoms with van der Waals surface area (Å²) in [5, 5.41) is 19.9. The van der Waals surface area contributed by atoms with Crippen LogP contribution in [0.2, 0.25) is 0 Å². The molecule has 6 heteroatoms. The molecular formula is C22H18N2O4. The molecule has 4 rings (SSSR count). The average molecular weight is 374 g/mol. The van der Waals surface area contributed by atoms with Crippen LogP contribution in [0, 0.1) is 6.92 Å². The molecule has 4 aromatic rings. The highest BCUT2D eigenvalue weighted by molar-refractivity contribution is 5.98. The van der Waals surface area contributed by atoms with Crippen molar-refractivity contribution in [3.8, 4) is 17.2 Å². The van der Waals surface area contributed by atoms with Crippen LogP contribution in [0.15, 0.2) is 65.1 Å². The van der Waals surface area contributed by atoms with E-state index in [9.17, 15) is 9.90 Å². The van der Waals surface area contributed by atoms with Crippen LogP contribution in [-0.4, -0.2) is 21.3 Å². The molecule has 28 heavy (non-hydrogen) atoms. The van der Waals surface area contributed by atoms with Gasteiger partial charge in [0, 0.05) is 5.56 Å². The number of phenolic OH excluding ortho intramolecular Hbond substituents is 1. The van der Waals surface area contributed by atoms with Crippen LogP contribution < -0.4 is 0 Å². The zero-order valence-electron chi connectivity index (χ0n) is 15.4. The molecule has 0 aliphatic rings. The van der Waals surface area contributed by atoms with Crippen LogP contribution in [-0.2, 0) is 4.74 Å². The van der Waals surface area contributed by atoms with Crippen molar-refractivity contribution in [3.63, 3.8) is 0 Å². The molecule has 0 saturated carbocycles. The lowest BCUT2D eigenvalue weighted by atomic mass is 10.1. The number of hydrogen-bond donors (Lipinski definition) is 1. The largest absolute Gasteiger partial charge is 0.507 e. The molecule has 1 aromatic heterocycles. The molecule has 0 spiro atoms. The van der Waals surface area contributed by atoms with E-state index in [0.717, 1.165) is 21.9 Å². The SMILES string of the molecule is Cc1ccc(-c2nnc([C@H](C)OC(=O)c3cc4ccccc4cc3O)o2)cc1. The maximum Gasteiger partial charge on any atom is 0.342 e. The van der Waals surface area contributed by atoms with Crippen molar-refractivity contribution in [3.05, 3.63) is 77.7 Å². The predicted octanol–water partition coefficient (Wildman–Crippen LogP) is 4.82. The number of ether oxygens (including phenoxy) is 1. The van der Waals surface area contributed by atoms with Gasteiger partial charge in [-0.2, -0.15) is 0 Å². The topological polar surface area (TPSA) is 85.5 Å². The first-order valence-electron chi connectivity index (χ1n) is 8.84. The van der Waals surface area contributed by atoms with Crippen molar-refractivity contribution >= 4 is 16.7 Å². The summed E-state index contributed by atoms with van der Waals surface area (Å²) < 4.78 is 11.1. The van der Waals surface area contributed by atoms with Gasteiger partial charge in [0.15, 0.2) is 6.10 Å². The smallest absolute Gasteiger partial charge is 0.342 e. The molecule has 140 valence electrons. The van der Waals surface area contributed by atoms with E-state index in [0.29, 0.717) is 5.89 Å². The van der Waals surface area contributed by atoms with Crippen molar-refractivity contribution in [1.29, 1.82) is 0 Å². The molecule has 1 atom stereocenters. The summed E-state index contributed by atoms with van der Waals surface area (Å²) in [6.45, 7) is 3.63. The van der Waals surface area contributed by atoms with Gasteiger partial charge in [-0.15, -0.1) is 10.2 Å². The zero-order chi connectivity index (χ0) is 19.7. The molecule has 0 amide bonds. The molecule has 0 radical (unpaired) electrons. The second-order valence-electron chi connectivity index (χ2n) is 6.58. The van der Waals surface area contributed by atoms with E-state index >= 15 is 0 Å². The van der Waals surface area contributed by atoms with Crippen molar-refractivity contribution < 1.29 is 19.1 Å². The Hall–Kier alpha value is -3.67. The molecule has 1 heterocycles. The summed E-state index contributed by atoms with van der Waals surface area (Å²) in [5.41, 5.74) is 2.00. The van der Waals surface area contributed by atoms with Gasteiger partial charge in [-0.3, -0.25) is 0 Å². The predicted molar refractivity (Wildman–Crippen MR) is 104 cm³/mol. The third-order valence-electron chi connectivity index (χ3n) is 4.45. The molecule has 6 nitrogen and oxygen atoms in total. The minimum Gasteiger partial charge on any atom is -0.507 e. The molecule has 0 fully saturated rings. The lowest BCUT2D eigenvalue weighted by Crippen LogP contribution is -2.10. The Kier molecular flexibility index (Phi) is 4.53. The summed E-state index contributed by atoms with van der Waals surface area (Å²) in [4.78, 5) is 12.5. The van der Waals surface area contributed by atoms with Gasteiger partial charge in [-0.25, -0.2) is 4.79 Å². The number of carbonyl (C=O) groups is 1. The number of carbonyl (C=O) groups excluding carboxylic acids is 1. The Labute approximate surface area is 161 Å². The lowest BCUT2D eigenvalue weighted by molar-refractivity contribution is 0.0277. The number of fused-ring (bicyclic) bond motifs is 1. The van der Waals surface area contributed by atoms with Gasteiger partial charge in [0.1, 0.15) is 11.3 Å².